The summed E-state index contributed by atoms with van der Waals surface area (Å²) in [6.07, 6.45) is 0. The molecule has 4 heteroatoms. The molecule has 0 saturated carbocycles. The van der Waals surface area contributed by atoms with Crippen LogP contribution in [0.25, 0.3) is 0 Å². The number of methoxy groups -OCH3 is 1. The minimum Gasteiger partial charge on any atom is -0.497 e. The summed E-state index contributed by atoms with van der Waals surface area (Å²) in [6, 6.07) is 16.7. The molecule has 2 atom stereocenters. The molecule has 0 bridgehead atoms. The third-order valence-corrected chi connectivity index (χ3v) is 3.61. The zero-order chi connectivity index (χ0) is 14.1. The van der Waals surface area contributed by atoms with E-state index in [1.165, 1.54) is 0 Å². The molecule has 1 aliphatic heterocycles. The van der Waals surface area contributed by atoms with Crippen molar-refractivity contribution in [2.24, 2.45) is 5.73 Å². The van der Waals surface area contributed by atoms with E-state index in [0.29, 0.717) is 0 Å². The van der Waals surface area contributed by atoms with Gasteiger partial charge >= 0.3 is 0 Å². The Hall–Kier alpha value is -2.33. The number of hydrogen-bond donors (Lipinski definition) is 1. The SMILES string of the molecule is COc1cccc(N2C(=O)[C@H](N)[C@@H]2c2ccccc2)c1. The lowest BCUT2D eigenvalue weighted by molar-refractivity contribution is -0.126. The van der Waals surface area contributed by atoms with Crippen LogP contribution in [0.1, 0.15) is 11.6 Å². The fourth-order valence-corrected chi connectivity index (χ4v) is 2.57. The molecule has 2 aromatic carbocycles. The van der Waals surface area contributed by atoms with Gasteiger partial charge in [0.2, 0.25) is 5.91 Å². The Morgan fingerprint density at radius 2 is 1.85 bits per heavy atom. The van der Waals surface area contributed by atoms with Gasteiger partial charge < -0.3 is 15.4 Å². The highest BCUT2D eigenvalue weighted by Gasteiger charge is 2.46. The highest BCUT2D eigenvalue weighted by Crippen LogP contribution is 2.38. The predicted octanol–water partition coefficient (Wildman–Crippen LogP) is 2.11. The highest BCUT2D eigenvalue weighted by molar-refractivity contribution is 6.05. The smallest absolute Gasteiger partial charge is 0.247 e. The Kier molecular flexibility index (Phi) is 3.16. The van der Waals surface area contributed by atoms with E-state index >= 15 is 0 Å². The van der Waals surface area contributed by atoms with Crippen LogP contribution in [0, 0.1) is 0 Å². The van der Waals surface area contributed by atoms with Gasteiger partial charge in [-0.2, -0.15) is 0 Å². The van der Waals surface area contributed by atoms with Crippen LogP contribution in [0.5, 0.6) is 5.75 Å². The number of hydrogen-bond acceptors (Lipinski definition) is 3. The van der Waals surface area contributed by atoms with E-state index in [9.17, 15) is 4.79 Å². The van der Waals surface area contributed by atoms with Crippen molar-refractivity contribution in [2.45, 2.75) is 12.1 Å². The number of nitrogens with zero attached hydrogens (tertiary/aromatic N) is 1. The van der Waals surface area contributed by atoms with E-state index in [4.69, 9.17) is 10.5 Å². The number of carbonyl (C=O) groups excluding carboxylic acids is 1. The molecule has 2 aromatic rings. The first-order valence-electron chi connectivity index (χ1n) is 6.50. The molecule has 1 fully saturated rings. The van der Waals surface area contributed by atoms with E-state index in [1.807, 2.05) is 54.6 Å². The Labute approximate surface area is 117 Å². The molecular formula is C16H16N2O2. The van der Waals surface area contributed by atoms with E-state index in [0.717, 1.165) is 17.0 Å². The normalized spacial score (nSPS) is 21.5. The molecule has 1 aliphatic rings. The first kappa shape index (κ1) is 12.7. The second kappa shape index (κ2) is 4.98. The van der Waals surface area contributed by atoms with Crippen molar-refractivity contribution in [3.05, 3.63) is 60.2 Å². The molecule has 1 heterocycles. The van der Waals surface area contributed by atoms with Gasteiger partial charge in [-0.1, -0.05) is 36.4 Å². The minimum absolute atomic E-state index is 0.0629. The molecule has 4 nitrogen and oxygen atoms in total. The third kappa shape index (κ3) is 1.94. The van der Waals surface area contributed by atoms with E-state index in [2.05, 4.69) is 0 Å². The standard InChI is InChI=1S/C16H16N2O2/c1-20-13-9-5-8-12(10-13)18-15(14(17)16(18)19)11-6-3-2-4-7-11/h2-10,14-15H,17H2,1H3/t14-,15+/m1/s1. The summed E-state index contributed by atoms with van der Waals surface area (Å²) in [7, 11) is 1.61. The van der Waals surface area contributed by atoms with Crippen LogP contribution >= 0.6 is 0 Å². The second-order valence-electron chi connectivity index (χ2n) is 4.79. The molecular weight excluding hydrogens is 252 g/mol. The molecule has 102 valence electrons. The number of carbonyl (C=O) groups is 1. The van der Waals surface area contributed by atoms with E-state index in [-0.39, 0.29) is 11.9 Å². The Morgan fingerprint density at radius 3 is 2.55 bits per heavy atom. The van der Waals surface area contributed by atoms with Gasteiger partial charge in [0, 0.05) is 11.8 Å². The van der Waals surface area contributed by atoms with Crippen molar-refractivity contribution in [1.29, 1.82) is 0 Å². The van der Waals surface area contributed by atoms with Gasteiger partial charge in [0.05, 0.1) is 13.2 Å². The lowest BCUT2D eigenvalue weighted by Crippen LogP contribution is -2.63. The summed E-state index contributed by atoms with van der Waals surface area (Å²) in [6.45, 7) is 0. The van der Waals surface area contributed by atoms with Crippen molar-refractivity contribution < 1.29 is 9.53 Å². The number of nitrogens with two attached hydrogens (primary N) is 1. The first-order valence-corrected chi connectivity index (χ1v) is 6.50. The average molecular weight is 268 g/mol. The Morgan fingerprint density at radius 1 is 1.10 bits per heavy atom. The van der Waals surface area contributed by atoms with Crippen molar-refractivity contribution in [3.8, 4) is 5.75 Å². The number of benzene rings is 2. The Balaban J connectivity index is 1.97. The maximum atomic E-state index is 12.1. The van der Waals surface area contributed by atoms with Crippen LogP contribution in [0.2, 0.25) is 0 Å². The van der Waals surface area contributed by atoms with Crippen molar-refractivity contribution in [1.82, 2.24) is 0 Å². The average Bonchev–Trinajstić information content (AvgIpc) is 2.52. The summed E-state index contributed by atoms with van der Waals surface area (Å²) in [5, 5.41) is 0. The molecule has 3 rings (SSSR count). The van der Waals surface area contributed by atoms with Gasteiger partial charge in [-0.15, -0.1) is 0 Å². The zero-order valence-electron chi connectivity index (χ0n) is 11.2. The quantitative estimate of drug-likeness (QED) is 0.867. The maximum Gasteiger partial charge on any atom is 0.247 e. The van der Waals surface area contributed by atoms with Crippen LogP contribution in [0.15, 0.2) is 54.6 Å². The van der Waals surface area contributed by atoms with Crippen LogP contribution in [0.4, 0.5) is 5.69 Å². The molecule has 0 aliphatic carbocycles. The largest absolute Gasteiger partial charge is 0.497 e. The van der Waals surface area contributed by atoms with Crippen molar-refractivity contribution >= 4 is 11.6 Å². The molecule has 0 unspecified atom stereocenters. The van der Waals surface area contributed by atoms with Crippen LogP contribution < -0.4 is 15.4 Å². The van der Waals surface area contributed by atoms with Crippen molar-refractivity contribution in [3.63, 3.8) is 0 Å². The molecule has 20 heavy (non-hydrogen) atoms. The number of amides is 1. The molecule has 2 N–H and O–H groups in total. The van der Waals surface area contributed by atoms with Gasteiger partial charge in [-0.05, 0) is 17.7 Å². The number of β-lactam (4-membered cyclic amide) rings is 1. The van der Waals surface area contributed by atoms with Crippen LogP contribution in [-0.4, -0.2) is 19.1 Å². The lowest BCUT2D eigenvalue weighted by Gasteiger charge is -2.45. The van der Waals surface area contributed by atoms with Gasteiger partial charge in [0.1, 0.15) is 11.8 Å². The van der Waals surface area contributed by atoms with Gasteiger partial charge in [0.25, 0.3) is 0 Å². The van der Waals surface area contributed by atoms with Crippen molar-refractivity contribution in [2.75, 3.05) is 12.0 Å². The zero-order valence-corrected chi connectivity index (χ0v) is 11.2. The molecule has 0 aromatic heterocycles. The summed E-state index contributed by atoms with van der Waals surface area (Å²) in [5.41, 5.74) is 7.83. The van der Waals surface area contributed by atoms with Gasteiger partial charge in [-0.3, -0.25) is 4.79 Å². The summed E-state index contributed by atoms with van der Waals surface area (Å²) in [4.78, 5) is 13.8. The van der Waals surface area contributed by atoms with Gasteiger partial charge in [0.15, 0.2) is 0 Å². The summed E-state index contributed by atoms with van der Waals surface area (Å²) >= 11 is 0. The number of rotatable bonds is 3. The first-order chi connectivity index (χ1) is 9.72. The summed E-state index contributed by atoms with van der Waals surface area (Å²) in [5.74, 6) is 0.662. The summed E-state index contributed by atoms with van der Waals surface area (Å²) < 4.78 is 5.21. The molecule has 0 spiro atoms. The lowest BCUT2D eigenvalue weighted by atomic mass is 9.88. The Bertz CT molecular complexity index is 627. The maximum absolute atomic E-state index is 12.1. The third-order valence-electron chi connectivity index (χ3n) is 3.61. The molecule has 1 amide bonds. The van der Waals surface area contributed by atoms with Gasteiger partial charge in [-0.25, -0.2) is 0 Å². The second-order valence-corrected chi connectivity index (χ2v) is 4.79. The molecule has 0 radical (unpaired) electrons. The number of ether oxygens (including phenoxy) is 1. The van der Waals surface area contributed by atoms with E-state index in [1.54, 1.807) is 12.0 Å². The monoisotopic (exact) mass is 268 g/mol. The van der Waals surface area contributed by atoms with E-state index < -0.39 is 6.04 Å². The number of anilines is 1. The predicted molar refractivity (Wildman–Crippen MR) is 77.6 cm³/mol. The van der Waals surface area contributed by atoms with Crippen LogP contribution in [0.3, 0.4) is 0 Å². The minimum atomic E-state index is -0.483. The molecule has 1 saturated heterocycles. The highest BCUT2D eigenvalue weighted by atomic mass is 16.5. The fourth-order valence-electron chi connectivity index (χ4n) is 2.57. The van der Waals surface area contributed by atoms with Crippen LogP contribution in [-0.2, 0) is 4.79 Å². The topological polar surface area (TPSA) is 55.6 Å². The fraction of sp³-hybridized carbons (Fsp3) is 0.188.